The Labute approximate surface area is 123 Å². The molecule has 0 aliphatic carbocycles. The smallest absolute Gasteiger partial charge is 0.230 e. The maximum atomic E-state index is 12.5. The van der Waals surface area contributed by atoms with Gasteiger partial charge in [0.05, 0.1) is 10.3 Å². The van der Waals surface area contributed by atoms with E-state index in [1.165, 1.54) is 16.5 Å². The van der Waals surface area contributed by atoms with E-state index in [2.05, 4.69) is 32.6 Å². The van der Waals surface area contributed by atoms with Crippen molar-refractivity contribution in [3.63, 3.8) is 0 Å². The summed E-state index contributed by atoms with van der Waals surface area (Å²) >= 11 is 2.06. The zero-order chi connectivity index (χ0) is 13.5. The third-order valence-electron chi connectivity index (χ3n) is 2.70. The lowest BCUT2D eigenvalue weighted by atomic mass is 10.4. The Kier molecular flexibility index (Phi) is 3.02. The van der Waals surface area contributed by atoms with Gasteiger partial charge in [-0.15, -0.1) is 0 Å². The Morgan fingerprint density at radius 1 is 1.05 bits per heavy atom. The van der Waals surface area contributed by atoms with Crippen LogP contribution in [0.3, 0.4) is 0 Å². The largest absolute Gasteiger partial charge is 0.269 e. The summed E-state index contributed by atoms with van der Waals surface area (Å²) in [5.74, 6) is 0. The Morgan fingerprint density at radius 2 is 1.79 bits per heavy atom. The van der Waals surface area contributed by atoms with Crippen molar-refractivity contribution in [3.8, 4) is 0 Å². The molecular formula is C12H8IN3O2S. The zero-order valence-electron chi connectivity index (χ0n) is 9.56. The highest BCUT2D eigenvalue weighted by Gasteiger charge is 2.19. The van der Waals surface area contributed by atoms with E-state index in [4.69, 9.17) is 0 Å². The van der Waals surface area contributed by atoms with Crippen molar-refractivity contribution in [3.05, 3.63) is 52.6 Å². The van der Waals surface area contributed by atoms with Crippen molar-refractivity contribution in [2.75, 3.05) is 0 Å². The van der Waals surface area contributed by atoms with Crippen molar-refractivity contribution in [1.82, 2.24) is 13.9 Å². The predicted molar refractivity (Wildman–Crippen MR) is 79.3 cm³/mol. The zero-order valence-corrected chi connectivity index (χ0v) is 12.5. The van der Waals surface area contributed by atoms with Gasteiger partial charge in [0.25, 0.3) is 10.0 Å². The first-order valence-electron chi connectivity index (χ1n) is 5.39. The Hall–Kier alpha value is -1.48. The highest BCUT2D eigenvalue weighted by atomic mass is 127. The third kappa shape index (κ3) is 2.02. The number of hydrogen-bond acceptors (Lipinski definition) is 4. The first-order chi connectivity index (χ1) is 9.10. The van der Waals surface area contributed by atoms with Crippen molar-refractivity contribution in [1.29, 1.82) is 0 Å². The topological polar surface area (TPSA) is 64.8 Å². The summed E-state index contributed by atoms with van der Waals surface area (Å²) in [4.78, 5) is 8.34. The van der Waals surface area contributed by atoms with E-state index in [1.807, 2.05) is 0 Å². The summed E-state index contributed by atoms with van der Waals surface area (Å²) in [5, 5.41) is 0.725. The number of halogens is 1. The summed E-state index contributed by atoms with van der Waals surface area (Å²) < 4.78 is 26.9. The SMILES string of the molecule is O=S(=O)(c1ccccc1)n1ccc2c(I)ncnc21. The van der Waals surface area contributed by atoms with Crippen molar-refractivity contribution in [2.24, 2.45) is 0 Å². The van der Waals surface area contributed by atoms with Crippen LogP contribution >= 0.6 is 22.6 Å². The second-order valence-electron chi connectivity index (χ2n) is 3.83. The molecule has 2 aromatic heterocycles. The standard InChI is InChI=1S/C12H8IN3O2S/c13-11-10-6-7-16(12(10)15-8-14-11)19(17,18)9-4-2-1-3-5-9/h1-8H. The minimum Gasteiger partial charge on any atom is -0.230 e. The molecule has 5 nitrogen and oxygen atoms in total. The molecule has 0 N–H and O–H groups in total. The molecule has 3 aromatic rings. The van der Waals surface area contributed by atoms with Crippen LogP contribution < -0.4 is 0 Å². The van der Waals surface area contributed by atoms with Gasteiger partial charge in [-0.3, -0.25) is 0 Å². The van der Waals surface area contributed by atoms with Crippen molar-refractivity contribution >= 4 is 43.6 Å². The fourth-order valence-corrected chi connectivity index (χ4v) is 3.67. The Balaban J connectivity index is 2.29. The van der Waals surface area contributed by atoms with E-state index in [0.717, 1.165) is 9.09 Å². The van der Waals surface area contributed by atoms with E-state index in [1.54, 1.807) is 36.4 Å². The fourth-order valence-electron chi connectivity index (χ4n) is 1.80. The molecule has 3 rings (SSSR count). The van der Waals surface area contributed by atoms with Crippen LogP contribution in [-0.4, -0.2) is 22.4 Å². The molecule has 0 atom stereocenters. The number of rotatable bonds is 2. The average molecular weight is 385 g/mol. The molecule has 19 heavy (non-hydrogen) atoms. The molecule has 96 valence electrons. The van der Waals surface area contributed by atoms with Crippen LogP contribution in [0.15, 0.2) is 53.8 Å². The van der Waals surface area contributed by atoms with Crippen LogP contribution in [0.1, 0.15) is 0 Å². The van der Waals surface area contributed by atoms with Crippen LogP contribution in [0.4, 0.5) is 0 Å². The second-order valence-corrected chi connectivity index (χ2v) is 6.67. The minimum absolute atomic E-state index is 0.237. The van der Waals surface area contributed by atoms with Gasteiger partial charge in [-0.2, -0.15) is 0 Å². The van der Waals surface area contributed by atoms with E-state index in [9.17, 15) is 8.42 Å². The summed E-state index contributed by atoms with van der Waals surface area (Å²) in [6, 6.07) is 9.99. The minimum atomic E-state index is -3.62. The Bertz CT molecular complexity index is 844. The average Bonchev–Trinajstić information content (AvgIpc) is 2.86. The molecule has 1 aromatic carbocycles. The van der Waals surface area contributed by atoms with Gasteiger partial charge in [-0.25, -0.2) is 22.4 Å². The third-order valence-corrected chi connectivity index (χ3v) is 5.24. The second kappa shape index (κ2) is 4.57. The van der Waals surface area contributed by atoms with Gasteiger partial charge in [0.2, 0.25) is 0 Å². The lowest BCUT2D eigenvalue weighted by Gasteiger charge is -2.06. The molecule has 2 heterocycles. The molecule has 0 fully saturated rings. The quantitative estimate of drug-likeness (QED) is 0.502. The predicted octanol–water partition coefficient (Wildman–Crippen LogP) is 2.27. The molecular weight excluding hydrogens is 377 g/mol. The molecule has 0 bridgehead atoms. The summed E-state index contributed by atoms with van der Waals surface area (Å²) in [7, 11) is -3.62. The van der Waals surface area contributed by atoms with Crippen molar-refractivity contribution in [2.45, 2.75) is 4.90 Å². The summed E-state index contributed by atoms with van der Waals surface area (Å²) in [6.07, 6.45) is 2.87. The lowest BCUT2D eigenvalue weighted by Crippen LogP contribution is -2.12. The van der Waals surface area contributed by atoms with Gasteiger partial charge < -0.3 is 0 Å². The van der Waals surface area contributed by atoms with Gasteiger partial charge >= 0.3 is 0 Å². The van der Waals surface area contributed by atoms with Crippen LogP contribution in [0, 0.1) is 3.70 Å². The van der Waals surface area contributed by atoms with Crippen LogP contribution in [0.5, 0.6) is 0 Å². The van der Waals surface area contributed by atoms with E-state index in [-0.39, 0.29) is 4.90 Å². The first-order valence-corrected chi connectivity index (χ1v) is 7.91. The van der Waals surface area contributed by atoms with Crippen LogP contribution in [0.2, 0.25) is 0 Å². The number of hydrogen-bond donors (Lipinski definition) is 0. The van der Waals surface area contributed by atoms with Gasteiger partial charge in [-0.1, -0.05) is 18.2 Å². The number of nitrogens with zero attached hydrogens (tertiary/aromatic N) is 3. The molecule has 0 amide bonds. The maximum Gasteiger partial charge on any atom is 0.269 e. The molecule has 0 unspecified atom stereocenters. The number of fused-ring (bicyclic) bond motifs is 1. The first kappa shape index (κ1) is 12.5. The normalized spacial score (nSPS) is 11.8. The van der Waals surface area contributed by atoms with Crippen molar-refractivity contribution < 1.29 is 8.42 Å². The highest BCUT2D eigenvalue weighted by Crippen LogP contribution is 2.22. The summed E-state index contributed by atoms with van der Waals surface area (Å²) in [6.45, 7) is 0. The van der Waals surface area contributed by atoms with Crippen LogP contribution in [0.25, 0.3) is 11.0 Å². The molecule has 0 spiro atoms. The number of benzene rings is 1. The highest BCUT2D eigenvalue weighted by molar-refractivity contribution is 14.1. The Morgan fingerprint density at radius 3 is 2.53 bits per heavy atom. The lowest BCUT2D eigenvalue weighted by molar-refractivity contribution is 0.588. The molecule has 0 saturated heterocycles. The van der Waals surface area contributed by atoms with Gasteiger partial charge in [0.1, 0.15) is 10.0 Å². The molecule has 0 aliphatic heterocycles. The number of aromatic nitrogens is 3. The van der Waals surface area contributed by atoms with E-state index in [0.29, 0.717) is 5.65 Å². The van der Waals surface area contributed by atoms with Gasteiger partial charge in [0, 0.05) is 6.20 Å². The summed E-state index contributed by atoms with van der Waals surface area (Å²) in [5.41, 5.74) is 0.392. The maximum absolute atomic E-state index is 12.5. The molecule has 0 radical (unpaired) electrons. The monoisotopic (exact) mass is 385 g/mol. The van der Waals surface area contributed by atoms with Gasteiger partial charge in [-0.05, 0) is 40.8 Å². The molecule has 0 saturated carbocycles. The van der Waals surface area contributed by atoms with Crippen LogP contribution in [-0.2, 0) is 10.0 Å². The molecule has 0 aliphatic rings. The van der Waals surface area contributed by atoms with Gasteiger partial charge in [0.15, 0.2) is 5.65 Å². The van der Waals surface area contributed by atoms with E-state index < -0.39 is 10.0 Å². The van der Waals surface area contributed by atoms with E-state index >= 15 is 0 Å². The fraction of sp³-hybridized carbons (Fsp3) is 0. The molecule has 7 heteroatoms.